The van der Waals surface area contributed by atoms with E-state index in [-0.39, 0.29) is 0 Å². The minimum absolute atomic E-state index is 0.422. The van der Waals surface area contributed by atoms with Crippen LogP contribution in [0.15, 0.2) is 23.8 Å². The lowest BCUT2D eigenvalue weighted by Crippen LogP contribution is -2.24. The van der Waals surface area contributed by atoms with E-state index in [1.54, 1.807) is 17.7 Å². The van der Waals surface area contributed by atoms with Crippen molar-refractivity contribution in [3.63, 3.8) is 0 Å². The molecular formula is C11H16N4OS. The van der Waals surface area contributed by atoms with Gasteiger partial charge >= 0.3 is 0 Å². The molecule has 0 fully saturated rings. The van der Waals surface area contributed by atoms with Gasteiger partial charge in [-0.3, -0.25) is 0 Å². The van der Waals surface area contributed by atoms with Crippen LogP contribution in [0, 0.1) is 0 Å². The molecular weight excluding hydrogens is 236 g/mol. The van der Waals surface area contributed by atoms with Gasteiger partial charge in [-0.1, -0.05) is 6.07 Å². The number of aliphatic hydroxyl groups is 1. The molecule has 2 heterocycles. The van der Waals surface area contributed by atoms with Crippen molar-refractivity contribution in [2.24, 2.45) is 7.05 Å². The number of aryl methyl sites for hydroxylation is 1. The van der Waals surface area contributed by atoms with Gasteiger partial charge in [0.25, 0.3) is 0 Å². The SMILES string of the molecule is Cn1cnnc1CCNCC(O)c1cccs1. The standard InChI is InChI=1S/C11H16N4OS/c1-15-8-13-14-11(15)4-5-12-7-9(16)10-3-2-6-17-10/h2-3,6,8-9,12,16H,4-5,7H2,1H3. The van der Waals surface area contributed by atoms with Crippen LogP contribution in [0.3, 0.4) is 0 Å². The lowest BCUT2D eigenvalue weighted by Gasteiger charge is -2.09. The Kier molecular flexibility index (Phi) is 4.24. The molecule has 17 heavy (non-hydrogen) atoms. The molecule has 6 heteroatoms. The Labute approximate surface area is 104 Å². The maximum atomic E-state index is 9.84. The average Bonchev–Trinajstić information content (AvgIpc) is 2.96. The Hall–Kier alpha value is -1.24. The summed E-state index contributed by atoms with van der Waals surface area (Å²) in [6.45, 7) is 1.35. The van der Waals surface area contributed by atoms with Crippen LogP contribution in [-0.4, -0.2) is 33.0 Å². The molecule has 0 spiro atoms. The molecule has 0 amide bonds. The molecule has 0 bridgehead atoms. The van der Waals surface area contributed by atoms with Crippen molar-refractivity contribution in [1.82, 2.24) is 20.1 Å². The Balaban J connectivity index is 1.68. The van der Waals surface area contributed by atoms with E-state index in [4.69, 9.17) is 0 Å². The number of hydrogen-bond donors (Lipinski definition) is 2. The summed E-state index contributed by atoms with van der Waals surface area (Å²) >= 11 is 1.57. The van der Waals surface area contributed by atoms with Crippen molar-refractivity contribution in [3.05, 3.63) is 34.5 Å². The quantitative estimate of drug-likeness (QED) is 0.744. The van der Waals surface area contributed by atoms with E-state index in [9.17, 15) is 5.11 Å². The number of hydrogen-bond acceptors (Lipinski definition) is 5. The largest absolute Gasteiger partial charge is 0.386 e. The number of aliphatic hydroxyl groups excluding tert-OH is 1. The number of aromatic nitrogens is 3. The Morgan fingerprint density at radius 2 is 2.47 bits per heavy atom. The molecule has 0 saturated carbocycles. The smallest absolute Gasteiger partial charge is 0.133 e. The van der Waals surface area contributed by atoms with Gasteiger partial charge < -0.3 is 15.0 Å². The van der Waals surface area contributed by atoms with Gasteiger partial charge in [-0.05, 0) is 11.4 Å². The zero-order valence-corrected chi connectivity index (χ0v) is 10.5. The highest BCUT2D eigenvalue weighted by molar-refractivity contribution is 7.10. The molecule has 0 aromatic carbocycles. The lowest BCUT2D eigenvalue weighted by atomic mass is 10.3. The predicted octanol–water partition coefficient (Wildman–Crippen LogP) is 0.742. The molecule has 2 rings (SSSR count). The Bertz CT molecular complexity index is 440. The van der Waals surface area contributed by atoms with Gasteiger partial charge in [0, 0.05) is 31.4 Å². The van der Waals surface area contributed by atoms with Gasteiger partial charge in [0.15, 0.2) is 0 Å². The third-order valence-electron chi connectivity index (χ3n) is 2.54. The van der Waals surface area contributed by atoms with E-state index in [0.717, 1.165) is 23.7 Å². The van der Waals surface area contributed by atoms with Crippen LogP contribution in [0.1, 0.15) is 16.8 Å². The van der Waals surface area contributed by atoms with Crippen LogP contribution in [0.4, 0.5) is 0 Å². The number of nitrogens with one attached hydrogen (secondary N) is 1. The van der Waals surface area contributed by atoms with E-state index >= 15 is 0 Å². The minimum Gasteiger partial charge on any atom is -0.386 e. The van der Waals surface area contributed by atoms with Crippen LogP contribution in [0.25, 0.3) is 0 Å². The number of rotatable bonds is 6. The molecule has 1 unspecified atom stereocenters. The molecule has 0 saturated heterocycles. The van der Waals surface area contributed by atoms with E-state index in [0.29, 0.717) is 6.54 Å². The zero-order valence-electron chi connectivity index (χ0n) is 9.71. The molecule has 2 N–H and O–H groups in total. The highest BCUT2D eigenvalue weighted by Gasteiger charge is 2.07. The van der Waals surface area contributed by atoms with Gasteiger partial charge in [-0.2, -0.15) is 0 Å². The number of nitrogens with zero attached hydrogens (tertiary/aromatic N) is 3. The summed E-state index contributed by atoms with van der Waals surface area (Å²) in [5.74, 6) is 0.947. The van der Waals surface area contributed by atoms with Crippen molar-refractivity contribution >= 4 is 11.3 Å². The van der Waals surface area contributed by atoms with Crippen LogP contribution in [0.2, 0.25) is 0 Å². The summed E-state index contributed by atoms with van der Waals surface area (Å²) in [7, 11) is 1.93. The Morgan fingerprint density at radius 3 is 3.12 bits per heavy atom. The molecule has 1 atom stereocenters. The second kappa shape index (κ2) is 5.90. The molecule has 2 aromatic rings. The number of thiophene rings is 1. The second-order valence-corrected chi connectivity index (χ2v) is 4.82. The molecule has 0 aliphatic rings. The first-order valence-corrected chi connectivity index (χ1v) is 6.40. The fraction of sp³-hybridized carbons (Fsp3) is 0.455. The lowest BCUT2D eigenvalue weighted by molar-refractivity contribution is 0.178. The van der Waals surface area contributed by atoms with E-state index in [1.165, 1.54) is 0 Å². The van der Waals surface area contributed by atoms with E-state index < -0.39 is 6.10 Å². The van der Waals surface area contributed by atoms with Crippen molar-refractivity contribution in [2.75, 3.05) is 13.1 Å². The predicted molar refractivity (Wildman–Crippen MR) is 66.9 cm³/mol. The zero-order chi connectivity index (χ0) is 12.1. The summed E-state index contributed by atoms with van der Waals surface area (Å²) in [5, 5.41) is 22.8. The van der Waals surface area contributed by atoms with Gasteiger partial charge in [-0.15, -0.1) is 21.5 Å². The first-order chi connectivity index (χ1) is 8.27. The molecule has 0 radical (unpaired) electrons. The Morgan fingerprint density at radius 1 is 1.59 bits per heavy atom. The summed E-state index contributed by atoms with van der Waals surface area (Å²) < 4.78 is 1.90. The minimum atomic E-state index is -0.422. The third-order valence-corrected chi connectivity index (χ3v) is 3.51. The van der Waals surface area contributed by atoms with Gasteiger partial charge in [0.05, 0.1) is 0 Å². The van der Waals surface area contributed by atoms with Crippen molar-refractivity contribution in [2.45, 2.75) is 12.5 Å². The second-order valence-electron chi connectivity index (χ2n) is 3.84. The van der Waals surface area contributed by atoms with Crippen LogP contribution in [0.5, 0.6) is 0 Å². The van der Waals surface area contributed by atoms with Gasteiger partial charge in [0.1, 0.15) is 18.3 Å². The summed E-state index contributed by atoms with van der Waals surface area (Å²) in [6.07, 6.45) is 2.08. The molecule has 0 aliphatic heterocycles. The van der Waals surface area contributed by atoms with Crippen LogP contribution in [-0.2, 0) is 13.5 Å². The van der Waals surface area contributed by atoms with E-state index in [2.05, 4.69) is 15.5 Å². The fourth-order valence-corrected chi connectivity index (χ4v) is 2.27. The molecule has 0 aliphatic carbocycles. The summed E-state index contributed by atoms with van der Waals surface area (Å²) in [4.78, 5) is 0.996. The van der Waals surface area contributed by atoms with Crippen LogP contribution < -0.4 is 5.32 Å². The maximum Gasteiger partial charge on any atom is 0.133 e. The van der Waals surface area contributed by atoms with Crippen molar-refractivity contribution in [3.8, 4) is 0 Å². The first-order valence-electron chi connectivity index (χ1n) is 5.52. The maximum absolute atomic E-state index is 9.84. The van der Waals surface area contributed by atoms with Gasteiger partial charge in [-0.25, -0.2) is 0 Å². The van der Waals surface area contributed by atoms with Crippen molar-refractivity contribution < 1.29 is 5.11 Å². The van der Waals surface area contributed by atoms with Gasteiger partial charge in [0.2, 0.25) is 0 Å². The fourth-order valence-electron chi connectivity index (χ4n) is 1.55. The molecule has 5 nitrogen and oxygen atoms in total. The highest BCUT2D eigenvalue weighted by atomic mass is 32.1. The summed E-state index contributed by atoms with van der Waals surface area (Å²) in [5.41, 5.74) is 0. The highest BCUT2D eigenvalue weighted by Crippen LogP contribution is 2.17. The third kappa shape index (κ3) is 3.36. The summed E-state index contributed by atoms with van der Waals surface area (Å²) in [6, 6.07) is 3.89. The van der Waals surface area contributed by atoms with Crippen LogP contribution >= 0.6 is 11.3 Å². The monoisotopic (exact) mass is 252 g/mol. The normalized spacial score (nSPS) is 12.8. The first kappa shape index (κ1) is 12.2. The topological polar surface area (TPSA) is 63.0 Å². The average molecular weight is 252 g/mol. The molecule has 2 aromatic heterocycles. The van der Waals surface area contributed by atoms with E-state index in [1.807, 2.05) is 29.1 Å². The molecule has 92 valence electrons. The van der Waals surface area contributed by atoms with Crippen molar-refractivity contribution in [1.29, 1.82) is 0 Å².